The van der Waals surface area contributed by atoms with E-state index in [9.17, 15) is 9.59 Å². The second kappa shape index (κ2) is 8.36. The van der Waals surface area contributed by atoms with Gasteiger partial charge < -0.3 is 28.4 Å². The Morgan fingerprint density at radius 3 is 2.05 bits per heavy atom. The first kappa shape index (κ1) is 25.2. The number of ether oxygens (including phenoxy) is 6. The summed E-state index contributed by atoms with van der Waals surface area (Å²) in [7, 11) is 3.21. The van der Waals surface area contributed by atoms with E-state index in [2.05, 4.69) is 0 Å². The van der Waals surface area contributed by atoms with Crippen LogP contribution in [-0.2, 0) is 30.4 Å². The van der Waals surface area contributed by atoms with Gasteiger partial charge in [0.25, 0.3) is 0 Å². The fraction of sp³-hybridized carbons (Fsp3) is 0.438. The van der Waals surface area contributed by atoms with Gasteiger partial charge in [-0.2, -0.15) is 0 Å². The van der Waals surface area contributed by atoms with Gasteiger partial charge in [-0.15, -0.1) is 0 Å². The Hall–Kier alpha value is -3.78. The highest BCUT2D eigenvalue weighted by Gasteiger charge is 2.60. The Labute approximate surface area is 232 Å². The Morgan fingerprint density at radius 1 is 0.775 bits per heavy atom. The van der Waals surface area contributed by atoms with E-state index < -0.39 is 29.1 Å². The topological polar surface area (TPSA) is 89.5 Å². The maximum absolute atomic E-state index is 14.5. The molecule has 0 aromatic heterocycles. The summed E-state index contributed by atoms with van der Waals surface area (Å²) in [6.07, 6.45) is -0.466. The fourth-order valence-electron chi connectivity index (χ4n) is 7.08. The van der Waals surface area contributed by atoms with Gasteiger partial charge in [0.15, 0.2) is 11.5 Å². The van der Waals surface area contributed by atoms with E-state index in [0.717, 1.165) is 16.7 Å². The summed E-state index contributed by atoms with van der Waals surface area (Å²) in [6.45, 7) is 8.40. The lowest BCUT2D eigenvalue weighted by molar-refractivity contribution is -0.155. The van der Waals surface area contributed by atoms with Crippen molar-refractivity contribution >= 4 is 11.6 Å². The second-order valence-electron chi connectivity index (χ2n) is 12.1. The molecule has 0 spiro atoms. The van der Waals surface area contributed by atoms with Crippen molar-refractivity contribution in [3.8, 4) is 17.2 Å². The van der Waals surface area contributed by atoms with Crippen molar-refractivity contribution < 1.29 is 38.0 Å². The van der Waals surface area contributed by atoms with E-state index in [-0.39, 0.29) is 29.0 Å². The highest BCUT2D eigenvalue weighted by atomic mass is 16.6. The Bertz CT molecular complexity index is 1430. The predicted octanol–water partition coefficient (Wildman–Crippen LogP) is 4.76. The number of Topliss-reactive ketones (excluding diaryl/α,β-unsaturated/α-hetero) is 2. The number of hydrogen-bond donors (Lipinski definition) is 0. The lowest BCUT2D eigenvalue weighted by Crippen LogP contribution is -2.56. The maximum atomic E-state index is 14.5. The van der Waals surface area contributed by atoms with Crippen LogP contribution in [0.2, 0.25) is 0 Å². The summed E-state index contributed by atoms with van der Waals surface area (Å²) >= 11 is 0. The largest absolute Gasteiger partial charge is 0.497 e. The molecule has 0 saturated heterocycles. The Morgan fingerprint density at radius 2 is 1.38 bits per heavy atom. The molecular weight excluding hydrogens is 512 g/mol. The van der Waals surface area contributed by atoms with Gasteiger partial charge in [-0.1, -0.05) is 12.1 Å². The molecule has 0 N–H and O–H groups in total. The molecule has 0 unspecified atom stereocenters. The van der Waals surface area contributed by atoms with Crippen LogP contribution in [0.3, 0.4) is 0 Å². The van der Waals surface area contributed by atoms with Crippen molar-refractivity contribution in [2.75, 3.05) is 20.8 Å². The average molecular weight is 545 g/mol. The van der Waals surface area contributed by atoms with Crippen molar-refractivity contribution in [1.29, 1.82) is 0 Å². The summed E-state index contributed by atoms with van der Waals surface area (Å²) in [5, 5.41) is 0. The summed E-state index contributed by atoms with van der Waals surface area (Å²) in [4.78, 5) is 29.0. The van der Waals surface area contributed by atoms with Crippen molar-refractivity contribution in [2.45, 2.75) is 63.4 Å². The third-order valence-corrected chi connectivity index (χ3v) is 9.10. The van der Waals surface area contributed by atoms with Gasteiger partial charge in [0.05, 0.1) is 38.6 Å². The quantitative estimate of drug-likeness (QED) is 0.501. The van der Waals surface area contributed by atoms with E-state index >= 15 is 0 Å². The van der Waals surface area contributed by atoms with Gasteiger partial charge in [-0.3, -0.25) is 9.59 Å². The molecular formula is C32H32O8. The van der Waals surface area contributed by atoms with Gasteiger partial charge in [0, 0.05) is 29.4 Å². The summed E-state index contributed by atoms with van der Waals surface area (Å²) in [5.74, 6) is 0.464. The molecule has 8 nitrogen and oxygen atoms in total. The van der Waals surface area contributed by atoms with E-state index in [1.165, 1.54) is 0 Å². The number of rotatable bonds is 2. The standard InChI is InChI=1S/C32H32O8/c1-31(2)20-14-37-21-12-17(36-6)8-10-19(21)22(20)24-26(33)29-25(27(34)28(24)39-31)23-18-9-7-16(35-5)11-15(18)13-38-30(23)32(3,4)40-29/h7-12,20,22-23,30H,13-14H2,1-6H3/t20-,22+,23-,30-/m1/s1. The SMILES string of the molecule is COc1ccc2c(c1)CO[C@@H]1[C@H]2C2=C(OC1(C)C)C(=O)C1=C(OC(C)(C)[C@@H]3COc4cc(OC)ccc4[C@H]13)C2=O. The normalized spacial score (nSPS) is 28.9. The number of hydrogen-bond acceptors (Lipinski definition) is 8. The summed E-state index contributed by atoms with van der Waals surface area (Å²) in [6, 6.07) is 11.4. The van der Waals surface area contributed by atoms with E-state index in [1.54, 1.807) is 14.2 Å². The summed E-state index contributed by atoms with van der Waals surface area (Å²) in [5.41, 5.74) is 1.70. The second-order valence-corrected chi connectivity index (χ2v) is 12.1. The van der Waals surface area contributed by atoms with Crippen molar-refractivity contribution in [2.24, 2.45) is 5.92 Å². The molecule has 4 aliphatic heterocycles. The first-order chi connectivity index (χ1) is 19.1. The van der Waals surface area contributed by atoms with E-state index in [4.69, 9.17) is 28.4 Å². The predicted molar refractivity (Wildman–Crippen MR) is 143 cm³/mol. The van der Waals surface area contributed by atoms with E-state index in [0.29, 0.717) is 41.6 Å². The van der Waals surface area contributed by atoms with Crippen LogP contribution in [0.4, 0.5) is 0 Å². The zero-order chi connectivity index (χ0) is 28.1. The lowest BCUT2D eigenvalue weighted by Gasteiger charge is -2.52. The van der Waals surface area contributed by atoms with Crippen molar-refractivity contribution in [3.05, 3.63) is 75.8 Å². The van der Waals surface area contributed by atoms with Gasteiger partial charge in [-0.05, 0) is 57.0 Å². The molecule has 4 heterocycles. The van der Waals surface area contributed by atoms with Gasteiger partial charge in [0.1, 0.15) is 34.6 Å². The Kier molecular flexibility index (Phi) is 5.27. The molecule has 0 fully saturated rings. The molecule has 1 aliphatic carbocycles. The number of allylic oxidation sites excluding steroid dienone is 2. The molecule has 0 bridgehead atoms. The van der Waals surface area contributed by atoms with E-state index in [1.807, 2.05) is 64.1 Å². The molecule has 208 valence electrons. The number of carbonyl (C=O) groups excluding carboxylic acids is 2. The molecule has 0 radical (unpaired) electrons. The fourth-order valence-corrected chi connectivity index (χ4v) is 7.08. The smallest absolute Gasteiger partial charge is 0.228 e. The zero-order valence-electron chi connectivity index (χ0n) is 23.5. The first-order valence-electron chi connectivity index (χ1n) is 13.6. The van der Waals surface area contributed by atoms with Crippen LogP contribution >= 0.6 is 0 Å². The third-order valence-electron chi connectivity index (χ3n) is 9.10. The number of ketones is 2. The minimum Gasteiger partial charge on any atom is -0.497 e. The minimum absolute atomic E-state index is 0.0888. The average Bonchev–Trinajstić information content (AvgIpc) is 2.94. The first-order valence-corrected chi connectivity index (χ1v) is 13.6. The number of methoxy groups -OCH3 is 2. The van der Waals surface area contributed by atoms with Gasteiger partial charge in [-0.25, -0.2) is 0 Å². The number of benzene rings is 2. The molecule has 4 atom stereocenters. The highest BCUT2D eigenvalue weighted by molar-refractivity contribution is 6.25. The zero-order valence-corrected chi connectivity index (χ0v) is 23.5. The van der Waals surface area contributed by atoms with Crippen LogP contribution in [0.1, 0.15) is 56.2 Å². The lowest BCUT2D eigenvalue weighted by atomic mass is 9.64. The summed E-state index contributed by atoms with van der Waals surface area (Å²) < 4.78 is 36.2. The highest BCUT2D eigenvalue weighted by Crippen LogP contribution is 2.57. The minimum atomic E-state index is -0.857. The van der Waals surface area contributed by atoms with Crippen LogP contribution in [0, 0.1) is 5.92 Å². The Balaban J connectivity index is 1.41. The maximum Gasteiger partial charge on any atom is 0.228 e. The van der Waals surface area contributed by atoms with Gasteiger partial charge >= 0.3 is 0 Å². The molecule has 7 rings (SSSR count). The van der Waals surface area contributed by atoms with Crippen molar-refractivity contribution in [3.63, 3.8) is 0 Å². The molecule has 2 aromatic rings. The molecule has 5 aliphatic rings. The third kappa shape index (κ3) is 3.35. The van der Waals surface area contributed by atoms with Crippen LogP contribution < -0.4 is 14.2 Å². The molecule has 0 amide bonds. The van der Waals surface area contributed by atoms with Crippen molar-refractivity contribution in [1.82, 2.24) is 0 Å². The molecule has 0 saturated carbocycles. The van der Waals surface area contributed by atoms with Crippen LogP contribution in [0.25, 0.3) is 0 Å². The molecule has 2 aromatic carbocycles. The van der Waals surface area contributed by atoms with Gasteiger partial charge in [0.2, 0.25) is 11.6 Å². The van der Waals surface area contributed by atoms with Crippen LogP contribution in [0.15, 0.2) is 59.1 Å². The number of carbonyl (C=O) groups is 2. The van der Waals surface area contributed by atoms with Crippen LogP contribution in [-0.4, -0.2) is 49.7 Å². The monoisotopic (exact) mass is 544 g/mol. The van der Waals surface area contributed by atoms with Crippen LogP contribution in [0.5, 0.6) is 17.2 Å². The molecule has 8 heteroatoms. The molecule has 40 heavy (non-hydrogen) atoms. The number of fused-ring (bicyclic) bond motifs is 8.